The fraction of sp³-hybridized carbons (Fsp3) is 0.462. The summed E-state index contributed by atoms with van der Waals surface area (Å²) in [4.78, 5) is 54.9. The Bertz CT molecular complexity index is 1480. The van der Waals surface area contributed by atoms with Crippen LogP contribution in [0.4, 0.5) is 10.7 Å². The number of primary amides is 1. The average Bonchev–Trinajstić information content (AvgIpc) is 3.59. The summed E-state index contributed by atoms with van der Waals surface area (Å²) >= 11 is 0. The average molecular weight is 571 g/mol. The highest BCUT2D eigenvalue weighted by molar-refractivity contribution is 6.04. The number of carboxylic acid groups (broad SMARTS) is 1. The first-order valence-electron chi connectivity index (χ1n) is 13.1. The highest BCUT2D eigenvalue weighted by Crippen LogP contribution is 2.31. The van der Waals surface area contributed by atoms with E-state index in [0.717, 1.165) is 0 Å². The van der Waals surface area contributed by atoms with Gasteiger partial charge in [-0.3, -0.25) is 29.3 Å². The molecule has 0 bridgehead atoms. The molecule has 3 heterocycles. The number of aliphatic carboxylic acids is 1. The molecule has 4 rings (SSSR count). The second-order valence-electron chi connectivity index (χ2n) is 9.78. The number of nitrogens with one attached hydrogen (secondary N) is 2. The summed E-state index contributed by atoms with van der Waals surface area (Å²) in [6.07, 6.45) is -0.541. The van der Waals surface area contributed by atoms with Crippen LogP contribution in [-0.2, 0) is 22.6 Å². The first kappa shape index (κ1) is 29.3. The van der Waals surface area contributed by atoms with Gasteiger partial charge in [0.05, 0.1) is 18.3 Å². The third-order valence-electron chi connectivity index (χ3n) is 6.87. The van der Waals surface area contributed by atoms with Crippen molar-refractivity contribution in [2.24, 2.45) is 5.73 Å². The summed E-state index contributed by atoms with van der Waals surface area (Å²) in [6, 6.07) is 4.00. The number of hydrogen-bond acceptors (Lipinski definition) is 9. The van der Waals surface area contributed by atoms with Crippen LogP contribution in [0.15, 0.2) is 18.2 Å². The van der Waals surface area contributed by atoms with Gasteiger partial charge in [0, 0.05) is 38.2 Å². The summed E-state index contributed by atoms with van der Waals surface area (Å²) in [5.41, 5.74) is 7.66. The molecule has 41 heavy (non-hydrogen) atoms. The molecule has 1 aliphatic rings. The molecule has 2 unspecified atom stereocenters. The van der Waals surface area contributed by atoms with Gasteiger partial charge in [0.2, 0.25) is 11.9 Å². The maximum absolute atomic E-state index is 13.2. The SMILES string of the molecule is CCn1nc(C)cc1C(=O)Nc1nc2cc(C(N)=O)cc(OC)c2n1CCCNC(=O)OC1CC(C(=O)O)N(C)C1. The van der Waals surface area contributed by atoms with Gasteiger partial charge in [0.15, 0.2) is 0 Å². The molecule has 1 saturated heterocycles. The number of methoxy groups -OCH3 is 1. The van der Waals surface area contributed by atoms with E-state index in [0.29, 0.717) is 54.2 Å². The van der Waals surface area contributed by atoms with Gasteiger partial charge in [-0.1, -0.05) is 0 Å². The van der Waals surface area contributed by atoms with Gasteiger partial charge < -0.3 is 30.2 Å². The smallest absolute Gasteiger partial charge is 0.407 e. The first-order valence-corrected chi connectivity index (χ1v) is 13.1. The second-order valence-corrected chi connectivity index (χ2v) is 9.78. The summed E-state index contributed by atoms with van der Waals surface area (Å²) < 4.78 is 14.2. The number of rotatable bonds is 11. The first-order chi connectivity index (χ1) is 19.5. The van der Waals surface area contributed by atoms with Crippen molar-refractivity contribution < 1.29 is 33.8 Å². The lowest BCUT2D eigenvalue weighted by atomic mass is 10.1. The molecule has 2 atom stereocenters. The van der Waals surface area contributed by atoms with Gasteiger partial charge in [-0.15, -0.1) is 0 Å². The Morgan fingerprint density at radius 3 is 2.61 bits per heavy atom. The number of imidazole rings is 1. The minimum atomic E-state index is -0.956. The molecule has 15 nitrogen and oxygen atoms in total. The van der Waals surface area contributed by atoms with Gasteiger partial charge in [-0.2, -0.15) is 5.10 Å². The number of carbonyl (C=O) groups is 4. The number of likely N-dealkylation sites (N-methyl/N-ethyl adjacent to an activating group) is 1. The standard InChI is InChI=1S/C26H34N8O7/c1-5-34-18(9-14(2)31-34)23(36)30-25-29-17-10-15(22(27)35)11-20(40-4)21(17)33(25)8-6-7-28-26(39)41-16-12-19(24(37)38)32(3)13-16/h9-11,16,19H,5-8,12-13H2,1-4H3,(H2,27,35)(H,28,39)(H,37,38)(H,29,30,36). The zero-order valence-corrected chi connectivity index (χ0v) is 23.3. The normalized spacial score (nSPS) is 17.0. The Hall–Kier alpha value is -4.66. The largest absolute Gasteiger partial charge is 0.494 e. The van der Waals surface area contributed by atoms with Gasteiger partial charge >= 0.3 is 12.1 Å². The van der Waals surface area contributed by atoms with Gasteiger partial charge in [-0.05, 0) is 45.5 Å². The van der Waals surface area contributed by atoms with E-state index < -0.39 is 36.0 Å². The van der Waals surface area contributed by atoms with E-state index in [1.54, 1.807) is 34.2 Å². The minimum Gasteiger partial charge on any atom is -0.494 e. The minimum absolute atomic E-state index is 0.198. The second kappa shape index (κ2) is 12.2. The Labute approximate surface area is 235 Å². The molecule has 5 N–H and O–H groups in total. The molecule has 15 heteroatoms. The van der Waals surface area contributed by atoms with E-state index in [9.17, 15) is 24.3 Å². The van der Waals surface area contributed by atoms with E-state index in [1.807, 2.05) is 6.92 Å². The van der Waals surface area contributed by atoms with Crippen LogP contribution < -0.4 is 21.1 Å². The number of carboxylic acids is 1. The molecule has 1 aromatic carbocycles. The van der Waals surface area contributed by atoms with Crippen LogP contribution in [0.5, 0.6) is 5.75 Å². The quantitative estimate of drug-likeness (QED) is 0.243. The van der Waals surface area contributed by atoms with Gasteiger partial charge in [0.1, 0.15) is 29.1 Å². The molecule has 0 spiro atoms. The number of fused-ring (bicyclic) bond motifs is 1. The number of benzene rings is 1. The van der Waals surface area contributed by atoms with Crippen molar-refractivity contribution in [3.63, 3.8) is 0 Å². The van der Waals surface area contributed by atoms with Crippen LogP contribution in [0.2, 0.25) is 0 Å². The van der Waals surface area contributed by atoms with Crippen LogP contribution in [0.3, 0.4) is 0 Å². The molecule has 220 valence electrons. The Kier molecular flexibility index (Phi) is 8.76. The van der Waals surface area contributed by atoms with Crippen molar-refractivity contribution in [3.05, 3.63) is 35.2 Å². The fourth-order valence-corrected chi connectivity index (χ4v) is 4.92. The Morgan fingerprint density at radius 1 is 1.22 bits per heavy atom. The van der Waals surface area contributed by atoms with Crippen LogP contribution in [0.25, 0.3) is 11.0 Å². The number of aryl methyl sites for hydroxylation is 3. The Balaban J connectivity index is 1.50. The molecular weight excluding hydrogens is 536 g/mol. The molecule has 2 aromatic heterocycles. The van der Waals surface area contributed by atoms with Gasteiger partial charge in [0.25, 0.3) is 5.91 Å². The predicted molar refractivity (Wildman–Crippen MR) is 147 cm³/mol. The number of nitrogens with zero attached hydrogens (tertiary/aromatic N) is 5. The van der Waals surface area contributed by atoms with Crippen molar-refractivity contribution in [1.82, 2.24) is 29.5 Å². The van der Waals surface area contributed by atoms with Crippen molar-refractivity contribution >= 4 is 40.9 Å². The molecule has 0 saturated carbocycles. The topological polar surface area (TPSA) is 196 Å². The maximum Gasteiger partial charge on any atom is 0.407 e. The fourth-order valence-electron chi connectivity index (χ4n) is 4.92. The van der Waals surface area contributed by atoms with Crippen molar-refractivity contribution in [1.29, 1.82) is 0 Å². The highest BCUT2D eigenvalue weighted by Gasteiger charge is 2.36. The molecule has 3 aromatic rings. The molecule has 0 radical (unpaired) electrons. The van der Waals surface area contributed by atoms with E-state index in [4.69, 9.17) is 15.2 Å². The number of likely N-dealkylation sites (tertiary alicyclic amines) is 1. The molecular formula is C26H34N8O7. The zero-order chi connectivity index (χ0) is 29.8. The van der Waals surface area contributed by atoms with Crippen molar-refractivity contribution in [2.75, 3.05) is 32.6 Å². The maximum atomic E-state index is 13.2. The van der Waals surface area contributed by atoms with E-state index in [2.05, 4.69) is 20.7 Å². The summed E-state index contributed by atoms with van der Waals surface area (Å²) in [6.45, 7) is 5.03. The van der Waals surface area contributed by atoms with Crippen LogP contribution in [0, 0.1) is 6.92 Å². The number of ether oxygens (including phenoxy) is 2. The van der Waals surface area contributed by atoms with E-state index >= 15 is 0 Å². The number of amides is 3. The predicted octanol–water partition coefficient (Wildman–Crippen LogP) is 1.19. The summed E-state index contributed by atoms with van der Waals surface area (Å²) in [5.74, 6) is -1.48. The molecule has 0 aliphatic carbocycles. The monoisotopic (exact) mass is 570 g/mol. The summed E-state index contributed by atoms with van der Waals surface area (Å²) in [5, 5.41) is 19.1. The number of carbonyl (C=O) groups excluding carboxylic acids is 3. The van der Waals surface area contributed by atoms with Crippen LogP contribution in [0.1, 0.15) is 46.3 Å². The third-order valence-corrected chi connectivity index (χ3v) is 6.87. The number of anilines is 1. The van der Waals surface area contributed by atoms with Crippen LogP contribution in [-0.4, -0.2) is 92.6 Å². The number of alkyl carbamates (subject to hydrolysis) is 1. The van der Waals surface area contributed by atoms with Gasteiger partial charge in [-0.25, -0.2) is 9.78 Å². The van der Waals surface area contributed by atoms with Crippen molar-refractivity contribution in [2.45, 2.75) is 51.9 Å². The van der Waals surface area contributed by atoms with E-state index in [1.165, 1.54) is 19.2 Å². The Morgan fingerprint density at radius 2 is 1.98 bits per heavy atom. The highest BCUT2D eigenvalue weighted by atomic mass is 16.6. The molecule has 3 amide bonds. The lowest BCUT2D eigenvalue weighted by molar-refractivity contribution is -0.141. The zero-order valence-electron chi connectivity index (χ0n) is 23.3. The lowest BCUT2D eigenvalue weighted by Gasteiger charge is -2.14. The summed E-state index contributed by atoms with van der Waals surface area (Å²) in [7, 11) is 3.12. The third kappa shape index (κ3) is 6.40. The van der Waals surface area contributed by atoms with Crippen molar-refractivity contribution in [3.8, 4) is 5.75 Å². The van der Waals surface area contributed by atoms with Crippen LogP contribution >= 0.6 is 0 Å². The number of aromatic nitrogens is 4. The number of nitrogens with two attached hydrogens (primary N) is 1. The number of hydrogen-bond donors (Lipinski definition) is 4. The lowest BCUT2D eigenvalue weighted by Crippen LogP contribution is -2.32. The molecule has 1 fully saturated rings. The molecule has 1 aliphatic heterocycles. The van der Waals surface area contributed by atoms with E-state index in [-0.39, 0.29) is 24.5 Å².